The lowest BCUT2D eigenvalue weighted by Gasteiger charge is -2.34. The molecule has 2 aromatic rings. The molecule has 1 N–H and O–H groups in total. The molecule has 1 amide bonds. The molecule has 1 fully saturated rings. The van der Waals surface area contributed by atoms with Gasteiger partial charge in [0.15, 0.2) is 0 Å². The fraction of sp³-hybridized carbons (Fsp3) is 0.500. The summed E-state index contributed by atoms with van der Waals surface area (Å²) in [5.41, 5.74) is 2.78. The van der Waals surface area contributed by atoms with Crippen molar-refractivity contribution in [2.45, 2.75) is 31.9 Å². The molecule has 2 atom stereocenters. The number of nitrogens with zero attached hydrogens (tertiary/aromatic N) is 2. The molecule has 0 aliphatic carbocycles. The van der Waals surface area contributed by atoms with Crippen LogP contribution in [0.25, 0.3) is 0 Å². The predicted octanol–water partition coefficient (Wildman–Crippen LogP) is 3.71. The van der Waals surface area contributed by atoms with Crippen molar-refractivity contribution in [2.24, 2.45) is 0 Å². The first kappa shape index (κ1) is 25.0. The zero-order chi connectivity index (χ0) is 23.6. The molecule has 2 aromatic carbocycles. The van der Waals surface area contributed by atoms with Gasteiger partial charge in [-0.05, 0) is 36.6 Å². The van der Waals surface area contributed by atoms with Gasteiger partial charge in [0.1, 0.15) is 12.5 Å². The van der Waals surface area contributed by atoms with E-state index in [1.54, 1.807) is 14.2 Å². The Morgan fingerprint density at radius 3 is 2.70 bits per heavy atom. The Bertz CT molecular complexity index is 877. The number of likely N-dealkylation sites (N-methyl/N-ethyl adjacent to an activating group) is 1. The van der Waals surface area contributed by atoms with Gasteiger partial charge in [0.2, 0.25) is 0 Å². The minimum absolute atomic E-state index is 0.0804. The molecular formula is C26H37N3O4. The first-order chi connectivity index (χ1) is 16.1. The average Bonchev–Trinajstić information content (AvgIpc) is 3.31. The number of ether oxygens (including phenoxy) is 3. The van der Waals surface area contributed by atoms with E-state index in [-0.39, 0.29) is 18.1 Å². The average molecular weight is 456 g/mol. The maximum Gasteiger partial charge on any atom is 0.251 e. The number of amides is 1. The van der Waals surface area contributed by atoms with Crippen LogP contribution >= 0.6 is 0 Å². The molecule has 7 heteroatoms. The number of likely N-dealkylation sites (tertiary alicyclic amines) is 1. The summed E-state index contributed by atoms with van der Waals surface area (Å²) in [7, 11) is 5.39. The molecule has 0 radical (unpaired) electrons. The minimum Gasteiger partial charge on any atom is -0.495 e. The molecule has 0 aromatic heterocycles. The molecule has 0 spiro atoms. The third-order valence-corrected chi connectivity index (χ3v) is 6.09. The fourth-order valence-corrected chi connectivity index (χ4v) is 4.25. The summed E-state index contributed by atoms with van der Waals surface area (Å²) in [5.74, 6) is 0.605. The summed E-state index contributed by atoms with van der Waals surface area (Å²) in [6.07, 6.45) is 2.10. The third-order valence-electron chi connectivity index (χ3n) is 6.09. The Morgan fingerprint density at radius 2 is 2.00 bits per heavy atom. The molecule has 0 bridgehead atoms. The molecule has 0 unspecified atom stereocenters. The van der Waals surface area contributed by atoms with Crippen molar-refractivity contribution in [3.63, 3.8) is 0 Å². The lowest BCUT2D eigenvalue weighted by atomic mass is 10.0. The number of hydrogen-bond acceptors (Lipinski definition) is 6. The Morgan fingerprint density at radius 1 is 1.21 bits per heavy atom. The van der Waals surface area contributed by atoms with Gasteiger partial charge in [0.05, 0.1) is 24.9 Å². The zero-order valence-corrected chi connectivity index (χ0v) is 20.3. The van der Waals surface area contributed by atoms with Crippen molar-refractivity contribution < 1.29 is 19.0 Å². The Hall–Kier alpha value is -2.61. The van der Waals surface area contributed by atoms with Crippen molar-refractivity contribution >= 4 is 11.6 Å². The van der Waals surface area contributed by atoms with Crippen LogP contribution in [0.1, 0.15) is 41.7 Å². The van der Waals surface area contributed by atoms with Crippen LogP contribution in [0.2, 0.25) is 0 Å². The minimum atomic E-state index is -0.0804. The summed E-state index contributed by atoms with van der Waals surface area (Å²) in [6, 6.07) is 16.3. The summed E-state index contributed by atoms with van der Waals surface area (Å²) in [4.78, 5) is 17.1. The van der Waals surface area contributed by atoms with Crippen LogP contribution in [-0.4, -0.2) is 71.2 Å². The lowest BCUT2D eigenvalue weighted by Crippen LogP contribution is -2.36. The van der Waals surface area contributed by atoms with Gasteiger partial charge in [-0.15, -0.1) is 0 Å². The monoisotopic (exact) mass is 455 g/mol. The van der Waals surface area contributed by atoms with E-state index in [0.717, 1.165) is 38.2 Å². The van der Waals surface area contributed by atoms with E-state index >= 15 is 0 Å². The highest BCUT2D eigenvalue weighted by atomic mass is 16.7. The molecule has 1 heterocycles. The van der Waals surface area contributed by atoms with Crippen LogP contribution in [0.5, 0.6) is 5.75 Å². The van der Waals surface area contributed by atoms with Crippen LogP contribution in [0.15, 0.2) is 48.5 Å². The van der Waals surface area contributed by atoms with Gasteiger partial charge in [-0.3, -0.25) is 9.69 Å². The number of anilines is 1. The fourth-order valence-electron chi connectivity index (χ4n) is 4.25. The number of hydrogen-bond donors (Lipinski definition) is 1. The van der Waals surface area contributed by atoms with Crippen molar-refractivity contribution in [1.29, 1.82) is 0 Å². The van der Waals surface area contributed by atoms with Gasteiger partial charge in [-0.2, -0.15) is 0 Å². The van der Waals surface area contributed by atoms with Crippen LogP contribution in [0.4, 0.5) is 5.69 Å². The first-order valence-corrected chi connectivity index (χ1v) is 11.6. The molecule has 1 aliphatic heterocycles. The first-order valence-electron chi connectivity index (χ1n) is 11.6. The maximum atomic E-state index is 12.4. The van der Waals surface area contributed by atoms with Gasteiger partial charge in [-0.25, -0.2) is 0 Å². The van der Waals surface area contributed by atoms with Crippen LogP contribution in [0, 0.1) is 0 Å². The second kappa shape index (κ2) is 12.6. The molecule has 33 heavy (non-hydrogen) atoms. The van der Waals surface area contributed by atoms with Crippen molar-refractivity contribution in [3.8, 4) is 5.75 Å². The number of carbonyl (C=O) groups is 1. The predicted molar refractivity (Wildman–Crippen MR) is 131 cm³/mol. The molecular weight excluding hydrogens is 418 g/mol. The summed E-state index contributed by atoms with van der Waals surface area (Å²) >= 11 is 0. The van der Waals surface area contributed by atoms with E-state index in [1.807, 2.05) is 31.2 Å². The van der Waals surface area contributed by atoms with E-state index in [4.69, 9.17) is 14.2 Å². The zero-order valence-electron chi connectivity index (χ0n) is 20.3. The normalized spacial score (nSPS) is 17.0. The van der Waals surface area contributed by atoms with Crippen LogP contribution in [0.3, 0.4) is 0 Å². The van der Waals surface area contributed by atoms with Crippen LogP contribution in [-0.2, 0) is 9.47 Å². The van der Waals surface area contributed by atoms with Gasteiger partial charge < -0.3 is 24.4 Å². The SMILES string of the molecule is CCCNC(=O)c1ccc(N(C)[C@H](CN2CC[C@H](OCOC)C2)c2ccccc2)c(OC)c1. The largest absolute Gasteiger partial charge is 0.495 e. The second-order valence-electron chi connectivity index (χ2n) is 8.42. The van der Waals surface area contributed by atoms with Gasteiger partial charge in [0, 0.05) is 45.9 Å². The Labute approximate surface area is 197 Å². The van der Waals surface area contributed by atoms with Gasteiger partial charge >= 0.3 is 0 Å². The number of nitrogens with one attached hydrogen (secondary N) is 1. The summed E-state index contributed by atoms with van der Waals surface area (Å²) < 4.78 is 16.6. The van der Waals surface area contributed by atoms with Crippen molar-refractivity contribution in [3.05, 3.63) is 59.7 Å². The Kier molecular flexibility index (Phi) is 9.54. The number of benzene rings is 2. The van der Waals surface area contributed by atoms with Gasteiger partial charge in [0.25, 0.3) is 5.91 Å². The Balaban J connectivity index is 1.81. The molecule has 0 saturated carbocycles. The number of carbonyl (C=O) groups excluding carboxylic acids is 1. The molecule has 1 saturated heterocycles. The number of methoxy groups -OCH3 is 2. The summed E-state index contributed by atoms with van der Waals surface area (Å²) in [6.45, 7) is 5.75. The van der Waals surface area contributed by atoms with Crippen LogP contribution < -0.4 is 15.0 Å². The highest BCUT2D eigenvalue weighted by Crippen LogP contribution is 2.35. The maximum absolute atomic E-state index is 12.4. The highest BCUT2D eigenvalue weighted by Gasteiger charge is 2.28. The van der Waals surface area contributed by atoms with E-state index in [9.17, 15) is 4.79 Å². The molecule has 1 aliphatic rings. The van der Waals surface area contributed by atoms with E-state index in [1.165, 1.54) is 5.56 Å². The number of rotatable bonds is 12. The standard InChI is InChI=1S/C26H37N3O4/c1-5-14-27-26(30)21-11-12-23(25(16-21)32-4)28(2)24(20-9-7-6-8-10-20)18-29-15-13-22(17-29)33-19-31-3/h6-12,16,22,24H,5,13-15,17-19H2,1-4H3,(H,27,30)/t22-,24+/m0/s1. The molecule has 180 valence electrons. The van der Waals surface area contributed by atoms with Gasteiger partial charge in [-0.1, -0.05) is 37.3 Å². The molecule has 7 nitrogen and oxygen atoms in total. The highest BCUT2D eigenvalue weighted by molar-refractivity contribution is 5.95. The smallest absolute Gasteiger partial charge is 0.251 e. The summed E-state index contributed by atoms with van der Waals surface area (Å²) in [5, 5.41) is 2.93. The second-order valence-corrected chi connectivity index (χ2v) is 8.42. The third kappa shape index (κ3) is 6.69. The quantitative estimate of drug-likeness (QED) is 0.493. The van der Waals surface area contributed by atoms with E-state index in [0.29, 0.717) is 24.7 Å². The topological polar surface area (TPSA) is 63.3 Å². The molecule has 3 rings (SSSR count). The van der Waals surface area contributed by atoms with Crippen molar-refractivity contribution in [1.82, 2.24) is 10.2 Å². The van der Waals surface area contributed by atoms with E-state index < -0.39 is 0 Å². The van der Waals surface area contributed by atoms with E-state index in [2.05, 4.69) is 46.4 Å². The van der Waals surface area contributed by atoms with Crippen molar-refractivity contribution in [2.75, 3.05) is 59.1 Å². The lowest BCUT2D eigenvalue weighted by molar-refractivity contribution is -0.0671.